The second-order valence-corrected chi connectivity index (χ2v) is 6.27. The fourth-order valence-corrected chi connectivity index (χ4v) is 3.45. The van der Waals surface area contributed by atoms with Gasteiger partial charge in [-0.3, -0.25) is 0 Å². The Balaban J connectivity index is 1.51. The smallest absolute Gasteiger partial charge is 0.341 e. The van der Waals surface area contributed by atoms with Crippen LogP contribution in [0.3, 0.4) is 0 Å². The van der Waals surface area contributed by atoms with E-state index in [1.165, 1.54) is 7.11 Å². The molecule has 0 spiro atoms. The van der Waals surface area contributed by atoms with Crippen LogP contribution in [-0.4, -0.2) is 41.1 Å². The summed E-state index contributed by atoms with van der Waals surface area (Å²) in [5.41, 5.74) is 2.61. The molecule has 6 nitrogen and oxygen atoms in total. The van der Waals surface area contributed by atoms with Crippen molar-refractivity contribution in [2.45, 2.75) is 18.8 Å². The van der Waals surface area contributed by atoms with Crippen molar-refractivity contribution < 1.29 is 9.53 Å². The number of hydrogen-bond donors (Lipinski definition) is 1. The molecule has 0 amide bonds. The topological polar surface area (TPSA) is 71.1 Å². The molecule has 128 valence electrons. The number of rotatable bonds is 3. The molecule has 0 radical (unpaired) electrons. The number of H-pyrrole nitrogens is 1. The Morgan fingerprint density at radius 2 is 2.00 bits per heavy atom. The van der Waals surface area contributed by atoms with E-state index in [0.29, 0.717) is 17.3 Å². The third-order valence-corrected chi connectivity index (χ3v) is 4.78. The number of para-hydroxylation sites is 2. The lowest BCUT2D eigenvalue weighted by atomic mass is 9.96. The van der Waals surface area contributed by atoms with E-state index >= 15 is 0 Å². The molecule has 0 saturated carbocycles. The van der Waals surface area contributed by atoms with Gasteiger partial charge in [-0.05, 0) is 37.1 Å². The maximum Gasteiger partial charge on any atom is 0.341 e. The highest BCUT2D eigenvalue weighted by molar-refractivity contribution is 5.94. The van der Waals surface area contributed by atoms with Crippen LogP contribution in [0, 0.1) is 0 Å². The number of carbonyl (C=O) groups excluding carboxylic acids is 1. The van der Waals surface area contributed by atoms with E-state index in [0.717, 1.165) is 42.8 Å². The van der Waals surface area contributed by atoms with Crippen molar-refractivity contribution in [2.24, 2.45) is 0 Å². The number of imidazole rings is 1. The Bertz CT molecular complexity index is 864. The van der Waals surface area contributed by atoms with Crippen molar-refractivity contribution in [3.05, 3.63) is 54.0 Å². The number of anilines is 1. The van der Waals surface area contributed by atoms with Crippen LogP contribution >= 0.6 is 0 Å². The molecule has 3 heterocycles. The van der Waals surface area contributed by atoms with Crippen LogP contribution in [0.1, 0.15) is 34.9 Å². The number of methoxy groups -OCH3 is 1. The minimum atomic E-state index is -0.345. The van der Waals surface area contributed by atoms with E-state index in [2.05, 4.69) is 20.9 Å². The molecular formula is C19H20N4O2. The molecule has 0 bridgehead atoms. The number of aromatic amines is 1. The van der Waals surface area contributed by atoms with Crippen molar-refractivity contribution in [3.8, 4) is 0 Å². The predicted molar refractivity (Wildman–Crippen MR) is 95.9 cm³/mol. The number of fused-ring (bicyclic) bond motifs is 1. The third-order valence-electron chi connectivity index (χ3n) is 4.78. The van der Waals surface area contributed by atoms with Gasteiger partial charge in [0, 0.05) is 25.2 Å². The molecule has 6 heteroatoms. The lowest BCUT2D eigenvalue weighted by molar-refractivity contribution is 0.0601. The minimum Gasteiger partial charge on any atom is -0.465 e. The van der Waals surface area contributed by atoms with Gasteiger partial charge in [0.1, 0.15) is 17.2 Å². The lowest BCUT2D eigenvalue weighted by Crippen LogP contribution is -2.35. The summed E-state index contributed by atoms with van der Waals surface area (Å²) in [7, 11) is 1.40. The molecule has 0 aliphatic carbocycles. The van der Waals surface area contributed by atoms with Gasteiger partial charge in [0.25, 0.3) is 0 Å². The summed E-state index contributed by atoms with van der Waals surface area (Å²) in [6, 6.07) is 11.6. The number of aromatic nitrogens is 3. The van der Waals surface area contributed by atoms with Gasteiger partial charge >= 0.3 is 5.97 Å². The number of nitrogens with one attached hydrogen (secondary N) is 1. The number of pyridine rings is 1. The van der Waals surface area contributed by atoms with Gasteiger partial charge < -0.3 is 14.6 Å². The minimum absolute atomic E-state index is 0.345. The fraction of sp³-hybridized carbons (Fsp3) is 0.316. The van der Waals surface area contributed by atoms with Crippen molar-refractivity contribution in [3.63, 3.8) is 0 Å². The molecule has 1 N–H and O–H groups in total. The largest absolute Gasteiger partial charge is 0.465 e. The molecule has 1 fully saturated rings. The van der Waals surface area contributed by atoms with E-state index < -0.39 is 0 Å². The molecule has 3 aromatic rings. The maximum absolute atomic E-state index is 12.0. The number of ether oxygens (including phenoxy) is 1. The second kappa shape index (κ2) is 6.55. The Kier molecular flexibility index (Phi) is 4.09. The molecule has 2 aromatic heterocycles. The van der Waals surface area contributed by atoms with Crippen LogP contribution < -0.4 is 4.90 Å². The van der Waals surface area contributed by atoms with Crippen LogP contribution in [0.15, 0.2) is 42.6 Å². The predicted octanol–water partition coefficient (Wildman–Crippen LogP) is 3.13. The van der Waals surface area contributed by atoms with Crippen molar-refractivity contribution >= 4 is 22.8 Å². The first-order valence-corrected chi connectivity index (χ1v) is 8.49. The maximum atomic E-state index is 12.0. The molecule has 1 saturated heterocycles. The van der Waals surface area contributed by atoms with Crippen LogP contribution in [0.5, 0.6) is 0 Å². The average Bonchev–Trinajstić information content (AvgIpc) is 3.12. The summed E-state index contributed by atoms with van der Waals surface area (Å²) in [4.78, 5) is 26.7. The van der Waals surface area contributed by atoms with Gasteiger partial charge in [-0.25, -0.2) is 14.8 Å². The Labute approximate surface area is 145 Å². The van der Waals surface area contributed by atoms with E-state index in [1.54, 1.807) is 18.3 Å². The zero-order chi connectivity index (χ0) is 17.2. The van der Waals surface area contributed by atoms with Gasteiger partial charge in [-0.2, -0.15) is 0 Å². The SMILES string of the molecule is COC(=O)c1cccnc1N1CCC(c2nc3ccccc3[nH]2)CC1. The van der Waals surface area contributed by atoms with Crippen molar-refractivity contribution in [1.82, 2.24) is 15.0 Å². The van der Waals surface area contributed by atoms with E-state index in [1.807, 2.05) is 18.2 Å². The molecule has 1 aromatic carbocycles. The summed E-state index contributed by atoms with van der Waals surface area (Å²) < 4.78 is 4.87. The Hall–Kier alpha value is -2.89. The number of nitrogens with zero attached hydrogens (tertiary/aromatic N) is 3. The molecule has 0 unspecified atom stereocenters. The first kappa shape index (κ1) is 15.6. The molecule has 1 aliphatic rings. The highest BCUT2D eigenvalue weighted by Crippen LogP contribution is 2.30. The normalized spacial score (nSPS) is 15.5. The van der Waals surface area contributed by atoms with Crippen LogP contribution in [-0.2, 0) is 4.74 Å². The third kappa shape index (κ3) is 2.95. The second-order valence-electron chi connectivity index (χ2n) is 6.27. The molecule has 1 aliphatic heterocycles. The van der Waals surface area contributed by atoms with Crippen LogP contribution in [0.25, 0.3) is 11.0 Å². The van der Waals surface area contributed by atoms with Gasteiger partial charge in [-0.15, -0.1) is 0 Å². The van der Waals surface area contributed by atoms with E-state index in [-0.39, 0.29) is 5.97 Å². The van der Waals surface area contributed by atoms with Crippen LogP contribution in [0.2, 0.25) is 0 Å². The monoisotopic (exact) mass is 336 g/mol. The summed E-state index contributed by atoms with van der Waals surface area (Å²) in [6.45, 7) is 1.67. The fourth-order valence-electron chi connectivity index (χ4n) is 3.45. The number of esters is 1. The summed E-state index contributed by atoms with van der Waals surface area (Å²) in [5, 5.41) is 0. The summed E-state index contributed by atoms with van der Waals surface area (Å²) >= 11 is 0. The van der Waals surface area contributed by atoms with E-state index in [4.69, 9.17) is 9.72 Å². The van der Waals surface area contributed by atoms with Crippen LogP contribution in [0.4, 0.5) is 5.82 Å². The Morgan fingerprint density at radius 1 is 1.20 bits per heavy atom. The highest BCUT2D eigenvalue weighted by atomic mass is 16.5. The standard InChI is InChI=1S/C19H20N4O2/c1-25-19(24)14-5-4-10-20-18(14)23-11-8-13(9-12-23)17-21-15-6-2-3-7-16(15)22-17/h2-7,10,13H,8-9,11-12H2,1H3,(H,21,22). The number of hydrogen-bond acceptors (Lipinski definition) is 5. The van der Waals surface area contributed by atoms with Gasteiger partial charge in [0.15, 0.2) is 0 Å². The summed E-state index contributed by atoms with van der Waals surface area (Å²) in [6.07, 6.45) is 3.65. The molecule has 25 heavy (non-hydrogen) atoms. The molecule has 0 atom stereocenters. The van der Waals surface area contributed by atoms with Crippen molar-refractivity contribution in [1.29, 1.82) is 0 Å². The first-order valence-electron chi connectivity index (χ1n) is 8.49. The van der Waals surface area contributed by atoms with Gasteiger partial charge in [0.2, 0.25) is 0 Å². The first-order chi connectivity index (χ1) is 12.3. The zero-order valence-corrected chi connectivity index (χ0v) is 14.1. The molecular weight excluding hydrogens is 316 g/mol. The van der Waals surface area contributed by atoms with Gasteiger partial charge in [0.05, 0.1) is 18.1 Å². The highest BCUT2D eigenvalue weighted by Gasteiger charge is 2.26. The van der Waals surface area contributed by atoms with Crippen molar-refractivity contribution in [2.75, 3.05) is 25.1 Å². The number of benzene rings is 1. The van der Waals surface area contributed by atoms with Gasteiger partial charge in [-0.1, -0.05) is 12.1 Å². The quantitative estimate of drug-likeness (QED) is 0.744. The molecule has 4 rings (SSSR count). The number of carbonyl (C=O) groups is 1. The van der Waals surface area contributed by atoms with E-state index in [9.17, 15) is 4.79 Å². The average molecular weight is 336 g/mol. The lowest BCUT2D eigenvalue weighted by Gasteiger charge is -2.32. The zero-order valence-electron chi connectivity index (χ0n) is 14.1. The Morgan fingerprint density at radius 3 is 2.76 bits per heavy atom. The summed E-state index contributed by atoms with van der Waals surface area (Å²) in [5.74, 6) is 1.81. The number of piperidine rings is 1.